The fraction of sp³-hybridized carbons (Fsp3) is 0.900. The topological polar surface area (TPSA) is 26.3 Å². The Hall–Kier alpha value is -0.370. The normalized spacial score (nSPS) is 36.3. The predicted octanol–water partition coefficient (Wildman–Crippen LogP) is 2.17. The quantitative estimate of drug-likeness (QED) is 0.607. The molecule has 0 radical (unpaired) electrons. The van der Waals surface area contributed by atoms with E-state index in [2.05, 4.69) is 13.8 Å². The predicted molar refractivity (Wildman–Crippen MR) is 48.0 cm³/mol. The van der Waals surface area contributed by atoms with Crippen LogP contribution in [0.1, 0.15) is 39.5 Å². The van der Waals surface area contributed by atoms with Gasteiger partial charge in [0.25, 0.3) is 0 Å². The lowest BCUT2D eigenvalue weighted by Crippen LogP contribution is -2.35. The van der Waals surface area contributed by atoms with Gasteiger partial charge in [0.1, 0.15) is 12.4 Å². The summed E-state index contributed by atoms with van der Waals surface area (Å²) in [5, 5.41) is 0. The Morgan fingerprint density at radius 3 is 2.58 bits per heavy atom. The summed E-state index contributed by atoms with van der Waals surface area (Å²) in [7, 11) is 0. The van der Waals surface area contributed by atoms with Crippen LogP contribution in [0.3, 0.4) is 0 Å². The van der Waals surface area contributed by atoms with Crippen molar-refractivity contribution in [2.45, 2.75) is 51.7 Å². The first-order valence-electron chi connectivity index (χ1n) is 4.92. The van der Waals surface area contributed by atoms with Crippen LogP contribution in [-0.4, -0.2) is 18.5 Å². The average Bonchev–Trinajstić information content (AvgIpc) is 2.16. The van der Waals surface area contributed by atoms with Gasteiger partial charge in [-0.25, -0.2) is 0 Å². The molecule has 1 heterocycles. The van der Waals surface area contributed by atoms with Crippen molar-refractivity contribution in [2.24, 2.45) is 5.92 Å². The number of hydrogen-bond donors (Lipinski definition) is 0. The Morgan fingerprint density at radius 1 is 1.33 bits per heavy atom. The fourth-order valence-corrected chi connectivity index (χ4v) is 1.85. The smallest absolute Gasteiger partial charge is 0.149 e. The van der Waals surface area contributed by atoms with Gasteiger partial charge < -0.3 is 9.53 Å². The second-order valence-electron chi connectivity index (χ2n) is 3.51. The minimum atomic E-state index is -0.131. The summed E-state index contributed by atoms with van der Waals surface area (Å²) in [6, 6.07) is 0. The second-order valence-corrected chi connectivity index (χ2v) is 3.51. The van der Waals surface area contributed by atoms with Crippen LogP contribution in [0.5, 0.6) is 0 Å². The van der Waals surface area contributed by atoms with Gasteiger partial charge >= 0.3 is 0 Å². The molecule has 0 aromatic rings. The van der Waals surface area contributed by atoms with Crippen molar-refractivity contribution >= 4 is 6.29 Å². The van der Waals surface area contributed by atoms with Crippen LogP contribution >= 0.6 is 0 Å². The van der Waals surface area contributed by atoms with Crippen LogP contribution < -0.4 is 0 Å². The van der Waals surface area contributed by atoms with Crippen molar-refractivity contribution in [3.8, 4) is 0 Å². The molecule has 1 fully saturated rings. The summed E-state index contributed by atoms with van der Waals surface area (Å²) < 4.78 is 5.62. The Balaban J connectivity index is 2.47. The van der Waals surface area contributed by atoms with E-state index in [-0.39, 0.29) is 6.10 Å². The number of carbonyl (C=O) groups is 1. The van der Waals surface area contributed by atoms with E-state index in [1.807, 2.05) is 0 Å². The molecular weight excluding hydrogens is 152 g/mol. The number of ether oxygens (including phenoxy) is 1. The molecule has 70 valence electrons. The highest BCUT2D eigenvalue weighted by Crippen LogP contribution is 2.27. The van der Waals surface area contributed by atoms with Crippen LogP contribution in [0, 0.1) is 5.92 Å². The molecule has 1 aliphatic rings. The highest BCUT2D eigenvalue weighted by Gasteiger charge is 2.28. The summed E-state index contributed by atoms with van der Waals surface area (Å²) in [5.74, 6) is 0.463. The standard InChI is InChI=1S/C10H18O2/c1-3-8-5-6-9(4-2)12-10(8)7-11/h7-10H,3-6H2,1-2H3. The Kier molecular flexibility index (Phi) is 3.73. The lowest BCUT2D eigenvalue weighted by molar-refractivity contribution is -0.134. The van der Waals surface area contributed by atoms with E-state index in [0.717, 1.165) is 32.0 Å². The molecule has 12 heavy (non-hydrogen) atoms. The van der Waals surface area contributed by atoms with E-state index in [4.69, 9.17) is 4.74 Å². The third-order valence-corrected chi connectivity index (χ3v) is 2.79. The molecule has 0 spiro atoms. The monoisotopic (exact) mass is 170 g/mol. The first-order valence-corrected chi connectivity index (χ1v) is 4.92. The minimum Gasteiger partial charge on any atom is -0.367 e. The number of aldehydes is 1. The maximum absolute atomic E-state index is 10.7. The van der Waals surface area contributed by atoms with Gasteiger partial charge in [-0.15, -0.1) is 0 Å². The molecule has 2 nitrogen and oxygen atoms in total. The van der Waals surface area contributed by atoms with Gasteiger partial charge in [0.15, 0.2) is 0 Å². The maximum Gasteiger partial charge on any atom is 0.149 e. The number of hydrogen-bond acceptors (Lipinski definition) is 2. The van der Waals surface area contributed by atoms with Crippen molar-refractivity contribution in [3.63, 3.8) is 0 Å². The first kappa shape index (κ1) is 9.72. The van der Waals surface area contributed by atoms with E-state index in [1.165, 1.54) is 0 Å². The van der Waals surface area contributed by atoms with Crippen LogP contribution in [0.25, 0.3) is 0 Å². The van der Waals surface area contributed by atoms with Gasteiger partial charge in [-0.05, 0) is 25.2 Å². The Labute approximate surface area is 74.3 Å². The lowest BCUT2D eigenvalue weighted by atomic mass is 9.89. The van der Waals surface area contributed by atoms with Crippen molar-refractivity contribution in [1.82, 2.24) is 0 Å². The molecule has 3 atom stereocenters. The van der Waals surface area contributed by atoms with Crippen molar-refractivity contribution < 1.29 is 9.53 Å². The fourth-order valence-electron chi connectivity index (χ4n) is 1.85. The molecular formula is C10H18O2. The van der Waals surface area contributed by atoms with Crippen molar-refractivity contribution in [3.05, 3.63) is 0 Å². The SMILES string of the molecule is CCC1CCC(CC)C(C=O)O1. The van der Waals surface area contributed by atoms with Gasteiger partial charge in [0.05, 0.1) is 6.10 Å². The summed E-state index contributed by atoms with van der Waals surface area (Å²) in [6.45, 7) is 4.23. The van der Waals surface area contributed by atoms with E-state index in [9.17, 15) is 4.79 Å². The summed E-state index contributed by atoms with van der Waals surface area (Å²) in [4.78, 5) is 10.7. The molecule has 0 N–H and O–H groups in total. The highest BCUT2D eigenvalue weighted by molar-refractivity contribution is 5.56. The molecule has 1 saturated heterocycles. The van der Waals surface area contributed by atoms with Crippen LogP contribution in [0.2, 0.25) is 0 Å². The van der Waals surface area contributed by atoms with Crippen LogP contribution in [0.4, 0.5) is 0 Å². The van der Waals surface area contributed by atoms with Gasteiger partial charge in [0, 0.05) is 0 Å². The third kappa shape index (κ3) is 2.07. The lowest BCUT2D eigenvalue weighted by Gasteiger charge is -2.32. The molecule has 1 aliphatic heterocycles. The van der Waals surface area contributed by atoms with E-state index in [1.54, 1.807) is 0 Å². The van der Waals surface area contributed by atoms with Crippen LogP contribution in [0.15, 0.2) is 0 Å². The summed E-state index contributed by atoms with van der Waals surface area (Å²) in [6.07, 6.45) is 5.52. The Morgan fingerprint density at radius 2 is 2.08 bits per heavy atom. The summed E-state index contributed by atoms with van der Waals surface area (Å²) in [5.41, 5.74) is 0. The van der Waals surface area contributed by atoms with Gasteiger partial charge in [-0.2, -0.15) is 0 Å². The molecule has 3 unspecified atom stereocenters. The molecule has 1 rings (SSSR count). The minimum absolute atomic E-state index is 0.131. The molecule has 0 saturated carbocycles. The number of carbonyl (C=O) groups excluding carboxylic acids is 1. The first-order chi connectivity index (χ1) is 5.81. The highest BCUT2D eigenvalue weighted by atomic mass is 16.5. The zero-order valence-corrected chi connectivity index (χ0v) is 7.95. The molecule has 0 amide bonds. The van der Waals surface area contributed by atoms with Gasteiger partial charge in [-0.1, -0.05) is 20.3 Å². The van der Waals surface area contributed by atoms with Crippen molar-refractivity contribution in [2.75, 3.05) is 0 Å². The van der Waals surface area contributed by atoms with Crippen LogP contribution in [-0.2, 0) is 9.53 Å². The molecule has 0 aliphatic carbocycles. The van der Waals surface area contributed by atoms with E-state index < -0.39 is 0 Å². The third-order valence-electron chi connectivity index (χ3n) is 2.79. The summed E-state index contributed by atoms with van der Waals surface area (Å²) >= 11 is 0. The largest absolute Gasteiger partial charge is 0.367 e. The van der Waals surface area contributed by atoms with E-state index in [0.29, 0.717) is 12.0 Å². The zero-order valence-electron chi connectivity index (χ0n) is 7.95. The van der Waals surface area contributed by atoms with E-state index >= 15 is 0 Å². The van der Waals surface area contributed by atoms with Gasteiger partial charge in [-0.3, -0.25) is 0 Å². The second kappa shape index (κ2) is 4.61. The van der Waals surface area contributed by atoms with Gasteiger partial charge in [0.2, 0.25) is 0 Å². The van der Waals surface area contributed by atoms with Crippen molar-refractivity contribution in [1.29, 1.82) is 0 Å². The Bertz CT molecular complexity index is 145. The zero-order chi connectivity index (χ0) is 8.97. The number of rotatable bonds is 3. The molecule has 0 aromatic heterocycles. The average molecular weight is 170 g/mol. The molecule has 0 bridgehead atoms. The molecule has 2 heteroatoms. The maximum atomic E-state index is 10.7. The molecule has 0 aromatic carbocycles.